The average molecular weight is 220 g/mol. The predicted octanol–water partition coefficient (Wildman–Crippen LogP) is 4.21. The van der Waals surface area contributed by atoms with Gasteiger partial charge in [-0.05, 0) is 55.7 Å². The standard InChI is InChI=1S/C15H22O/c1-12(9-11-16)7-8-14-13(2)6-5-10-15(14,3)4/h7-9,11H,5-6,10H2,1-4H3/b8-7+,12-9+/i1D2. The van der Waals surface area contributed by atoms with E-state index in [0.29, 0.717) is 11.9 Å². The number of hydrogen-bond acceptors (Lipinski definition) is 1. The van der Waals surface area contributed by atoms with Crippen molar-refractivity contribution in [1.82, 2.24) is 0 Å². The second kappa shape index (κ2) is 5.29. The summed E-state index contributed by atoms with van der Waals surface area (Å²) in [6.07, 6.45) is 9.15. The second-order valence-corrected chi connectivity index (χ2v) is 5.07. The Hall–Kier alpha value is -1.11. The predicted molar refractivity (Wildman–Crippen MR) is 69.3 cm³/mol. The molecule has 1 nitrogen and oxygen atoms in total. The van der Waals surface area contributed by atoms with Crippen molar-refractivity contribution in [3.05, 3.63) is 34.9 Å². The number of allylic oxidation sites excluding steroid dienone is 6. The molecule has 0 saturated heterocycles. The lowest BCUT2D eigenvalue weighted by Gasteiger charge is -2.32. The van der Waals surface area contributed by atoms with Crippen LogP contribution < -0.4 is 0 Å². The fourth-order valence-corrected chi connectivity index (χ4v) is 2.32. The highest BCUT2D eigenvalue weighted by Gasteiger charge is 2.26. The Balaban J connectivity index is 3.01. The van der Waals surface area contributed by atoms with Crippen LogP contribution in [0.1, 0.15) is 49.7 Å². The van der Waals surface area contributed by atoms with Crippen LogP contribution in [0.2, 0.25) is 0 Å². The molecule has 0 aromatic rings. The first kappa shape index (κ1) is 10.1. The van der Waals surface area contributed by atoms with Crippen LogP contribution in [0.25, 0.3) is 0 Å². The Labute approximate surface area is 102 Å². The van der Waals surface area contributed by atoms with Crippen molar-refractivity contribution in [1.29, 1.82) is 0 Å². The molecule has 88 valence electrons. The molecule has 0 spiro atoms. The van der Waals surface area contributed by atoms with Crippen LogP contribution in [-0.4, -0.2) is 6.29 Å². The van der Waals surface area contributed by atoms with Crippen molar-refractivity contribution in [2.75, 3.05) is 0 Å². The van der Waals surface area contributed by atoms with Gasteiger partial charge in [0, 0.05) is 2.74 Å². The van der Waals surface area contributed by atoms with Crippen molar-refractivity contribution in [2.24, 2.45) is 5.41 Å². The summed E-state index contributed by atoms with van der Waals surface area (Å²) < 4.78 is 14.8. The van der Waals surface area contributed by atoms with E-state index in [1.54, 1.807) is 6.08 Å². The van der Waals surface area contributed by atoms with Crippen molar-refractivity contribution in [3.8, 4) is 0 Å². The molecule has 1 aliphatic rings. The summed E-state index contributed by atoms with van der Waals surface area (Å²) in [5.74, 6) is 0. The van der Waals surface area contributed by atoms with Gasteiger partial charge in [0.15, 0.2) is 0 Å². The van der Waals surface area contributed by atoms with Crippen LogP contribution in [0.4, 0.5) is 0 Å². The Kier molecular flexibility index (Phi) is 3.33. The van der Waals surface area contributed by atoms with Crippen LogP contribution in [-0.2, 0) is 4.79 Å². The van der Waals surface area contributed by atoms with Crippen LogP contribution >= 0.6 is 0 Å². The number of carbonyl (C=O) groups excluding carboxylic acids is 1. The van der Waals surface area contributed by atoms with Gasteiger partial charge in [-0.3, -0.25) is 4.79 Å². The molecule has 16 heavy (non-hydrogen) atoms. The molecule has 0 aliphatic heterocycles. The lowest BCUT2D eigenvalue weighted by Crippen LogP contribution is -2.19. The van der Waals surface area contributed by atoms with Gasteiger partial charge in [0.2, 0.25) is 0 Å². The van der Waals surface area contributed by atoms with E-state index in [1.807, 2.05) is 6.08 Å². The maximum absolute atomic E-state index is 10.5. The normalized spacial score (nSPS) is 23.6. The summed E-state index contributed by atoms with van der Waals surface area (Å²) in [6.45, 7) is 5.47. The topological polar surface area (TPSA) is 17.1 Å². The van der Waals surface area contributed by atoms with Crippen molar-refractivity contribution < 1.29 is 7.54 Å². The minimum absolute atomic E-state index is 0.144. The first-order valence-electron chi connectivity index (χ1n) is 6.92. The third-order valence-electron chi connectivity index (χ3n) is 3.25. The molecule has 0 unspecified atom stereocenters. The van der Waals surface area contributed by atoms with E-state index in [0.717, 1.165) is 12.8 Å². The Morgan fingerprint density at radius 2 is 2.25 bits per heavy atom. The zero-order valence-electron chi connectivity index (χ0n) is 12.4. The molecule has 0 amide bonds. The number of carbonyl (C=O) groups is 1. The van der Waals surface area contributed by atoms with Gasteiger partial charge in [0.05, 0.1) is 0 Å². The number of aldehydes is 1. The maximum atomic E-state index is 10.5. The van der Waals surface area contributed by atoms with E-state index in [9.17, 15) is 4.79 Å². The summed E-state index contributed by atoms with van der Waals surface area (Å²) in [6, 6.07) is 0. The molecular weight excluding hydrogens is 196 g/mol. The molecule has 0 N–H and O–H groups in total. The van der Waals surface area contributed by atoms with E-state index in [1.165, 1.54) is 23.6 Å². The SMILES string of the molecule is [2H]C([2H])C(/C=C/C1=C(C)CCCC1(C)C)=C\C=O. The first-order chi connectivity index (χ1) is 8.38. The Morgan fingerprint density at radius 3 is 2.81 bits per heavy atom. The minimum atomic E-state index is -1.11. The molecule has 0 saturated carbocycles. The lowest BCUT2D eigenvalue weighted by atomic mass is 9.72. The summed E-state index contributed by atoms with van der Waals surface area (Å²) in [7, 11) is 0. The zero-order valence-corrected chi connectivity index (χ0v) is 10.4. The summed E-state index contributed by atoms with van der Waals surface area (Å²) in [5.41, 5.74) is 3.24. The van der Waals surface area contributed by atoms with Crippen LogP contribution in [0.15, 0.2) is 34.9 Å². The highest BCUT2D eigenvalue weighted by atomic mass is 16.1. The van der Waals surface area contributed by atoms with Gasteiger partial charge < -0.3 is 0 Å². The third kappa shape index (κ3) is 3.19. The first-order valence-corrected chi connectivity index (χ1v) is 5.76. The van der Waals surface area contributed by atoms with Crippen molar-refractivity contribution in [2.45, 2.75) is 46.9 Å². The molecule has 1 heteroatoms. The summed E-state index contributed by atoms with van der Waals surface area (Å²) >= 11 is 0. The molecule has 1 aliphatic carbocycles. The van der Waals surface area contributed by atoms with Crippen LogP contribution in [0, 0.1) is 5.41 Å². The van der Waals surface area contributed by atoms with Gasteiger partial charge in [-0.15, -0.1) is 0 Å². The second-order valence-electron chi connectivity index (χ2n) is 5.07. The van der Waals surface area contributed by atoms with Gasteiger partial charge in [-0.1, -0.05) is 31.6 Å². The van der Waals surface area contributed by atoms with Crippen LogP contribution in [0.3, 0.4) is 0 Å². The lowest BCUT2D eigenvalue weighted by molar-refractivity contribution is -0.104. The molecule has 0 fully saturated rings. The monoisotopic (exact) mass is 220 g/mol. The van der Waals surface area contributed by atoms with E-state index in [-0.39, 0.29) is 5.41 Å². The quantitative estimate of drug-likeness (QED) is 0.395. The average Bonchev–Trinajstić information content (AvgIpc) is 2.25. The van der Waals surface area contributed by atoms with Gasteiger partial charge in [0.25, 0.3) is 0 Å². The number of hydrogen-bond donors (Lipinski definition) is 0. The van der Waals surface area contributed by atoms with E-state index in [2.05, 4.69) is 20.8 Å². The molecule has 0 aromatic heterocycles. The number of rotatable bonds is 3. The highest BCUT2D eigenvalue weighted by molar-refractivity contribution is 5.67. The molecule has 0 aromatic carbocycles. The summed E-state index contributed by atoms with van der Waals surface area (Å²) in [4.78, 5) is 10.5. The van der Waals surface area contributed by atoms with Crippen molar-refractivity contribution in [3.63, 3.8) is 0 Å². The van der Waals surface area contributed by atoms with Gasteiger partial charge in [-0.2, -0.15) is 0 Å². The van der Waals surface area contributed by atoms with E-state index < -0.39 is 6.88 Å². The van der Waals surface area contributed by atoms with Gasteiger partial charge in [-0.25, -0.2) is 0 Å². The fourth-order valence-electron chi connectivity index (χ4n) is 2.32. The summed E-state index contributed by atoms with van der Waals surface area (Å²) in [5, 5.41) is 0. The Bertz CT molecular complexity index is 401. The van der Waals surface area contributed by atoms with Crippen molar-refractivity contribution >= 4 is 6.29 Å². The molecule has 0 atom stereocenters. The Morgan fingerprint density at radius 1 is 1.50 bits per heavy atom. The molecule has 1 rings (SSSR count). The fraction of sp³-hybridized carbons (Fsp3) is 0.533. The smallest absolute Gasteiger partial charge is 0.143 e. The van der Waals surface area contributed by atoms with Gasteiger partial charge >= 0.3 is 0 Å². The third-order valence-corrected chi connectivity index (χ3v) is 3.25. The molecular formula is C15H22O. The molecule has 0 heterocycles. The van der Waals surface area contributed by atoms with E-state index >= 15 is 0 Å². The largest absolute Gasteiger partial charge is 0.299 e. The molecule has 0 bridgehead atoms. The zero-order chi connectivity index (χ0) is 13.8. The van der Waals surface area contributed by atoms with Crippen LogP contribution in [0.5, 0.6) is 0 Å². The maximum Gasteiger partial charge on any atom is 0.143 e. The van der Waals surface area contributed by atoms with E-state index in [4.69, 9.17) is 2.74 Å². The highest BCUT2D eigenvalue weighted by Crippen LogP contribution is 2.40. The van der Waals surface area contributed by atoms with Gasteiger partial charge in [0.1, 0.15) is 6.29 Å². The molecule has 0 radical (unpaired) electrons. The minimum Gasteiger partial charge on any atom is -0.299 e.